The van der Waals surface area contributed by atoms with Gasteiger partial charge in [-0.25, -0.2) is 4.68 Å². The molecule has 0 aliphatic carbocycles. The third kappa shape index (κ3) is 4.06. The van der Waals surface area contributed by atoms with Gasteiger partial charge >= 0.3 is 0 Å². The van der Waals surface area contributed by atoms with E-state index in [0.717, 1.165) is 22.4 Å². The van der Waals surface area contributed by atoms with Gasteiger partial charge in [0, 0.05) is 11.8 Å². The summed E-state index contributed by atoms with van der Waals surface area (Å²) in [7, 11) is 0. The van der Waals surface area contributed by atoms with E-state index in [2.05, 4.69) is 23.3 Å². The van der Waals surface area contributed by atoms with Gasteiger partial charge in [-0.05, 0) is 23.3 Å². The third-order valence-corrected chi connectivity index (χ3v) is 3.47. The van der Waals surface area contributed by atoms with Crippen LogP contribution in [0.3, 0.4) is 0 Å². The van der Waals surface area contributed by atoms with Crippen molar-refractivity contribution in [1.29, 1.82) is 5.26 Å². The minimum Gasteiger partial charge on any atom is -0.372 e. The van der Waals surface area contributed by atoms with Crippen LogP contribution in [0.25, 0.3) is 5.69 Å². The van der Waals surface area contributed by atoms with E-state index >= 15 is 0 Å². The summed E-state index contributed by atoms with van der Waals surface area (Å²) in [5.41, 5.74) is 4.14. The maximum absolute atomic E-state index is 8.73. The van der Waals surface area contributed by atoms with Gasteiger partial charge in [-0.3, -0.25) is 0 Å². The topological polar surface area (TPSA) is 50.8 Å². The second-order valence-corrected chi connectivity index (χ2v) is 5.28. The van der Waals surface area contributed by atoms with Crippen molar-refractivity contribution >= 4 is 0 Å². The predicted octanol–water partition coefficient (Wildman–Crippen LogP) is 3.66. The molecule has 1 aromatic heterocycles. The van der Waals surface area contributed by atoms with Crippen LogP contribution in [0.15, 0.2) is 67.0 Å². The molecule has 4 nitrogen and oxygen atoms in total. The Hall–Kier alpha value is -2.90. The first-order valence-corrected chi connectivity index (χ1v) is 7.46. The highest BCUT2D eigenvalue weighted by molar-refractivity contribution is 5.35. The summed E-state index contributed by atoms with van der Waals surface area (Å²) >= 11 is 0. The Morgan fingerprint density at radius 1 is 0.957 bits per heavy atom. The number of ether oxygens (including phenoxy) is 1. The molecule has 1 heterocycles. The van der Waals surface area contributed by atoms with E-state index in [9.17, 15) is 0 Å². The van der Waals surface area contributed by atoms with Gasteiger partial charge in [-0.1, -0.05) is 42.5 Å². The highest BCUT2D eigenvalue weighted by Crippen LogP contribution is 2.13. The summed E-state index contributed by atoms with van der Waals surface area (Å²) in [6.07, 6.45) is 3.98. The zero-order chi connectivity index (χ0) is 15.9. The van der Waals surface area contributed by atoms with Gasteiger partial charge in [0.1, 0.15) is 0 Å². The molecule has 0 unspecified atom stereocenters. The second-order valence-electron chi connectivity index (χ2n) is 5.28. The molecule has 0 aliphatic heterocycles. The maximum atomic E-state index is 8.73. The smallest absolute Gasteiger partial charge is 0.0722 e. The summed E-state index contributed by atoms with van der Waals surface area (Å²) in [5.74, 6) is 0. The molecule has 0 spiro atoms. The first-order chi connectivity index (χ1) is 11.3. The lowest BCUT2D eigenvalue weighted by atomic mass is 10.2. The first kappa shape index (κ1) is 15.0. The van der Waals surface area contributed by atoms with Gasteiger partial charge in [0.25, 0.3) is 0 Å². The van der Waals surface area contributed by atoms with Gasteiger partial charge in [-0.15, -0.1) is 0 Å². The van der Waals surface area contributed by atoms with Crippen molar-refractivity contribution in [2.75, 3.05) is 0 Å². The molecule has 114 valence electrons. The average molecular weight is 303 g/mol. The van der Waals surface area contributed by atoms with Crippen LogP contribution in [0.4, 0.5) is 0 Å². The maximum Gasteiger partial charge on any atom is 0.0722 e. The molecule has 0 saturated carbocycles. The van der Waals surface area contributed by atoms with Crippen LogP contribution in [0.1, 0.15) is 16.7 Å². The largest absolute Gasteiger partial charge is 0.372 e. The average Bonchev–Trinajstić information content (AvgIpc) is 3.05. The molecule has 0 saturated heterocycles. The van der Waals surface area contributed by atoms with Crippen LogP contribution < -0.4 is 0 Å². The Balaban J connectivity index is 1.64. The fourth-order valence-electron chi connectivity index (χ4n) is 2.33. The Morgan fingerprint density at radius 2 is 1.74 bits per heavy atom. The van der Waals surface area contributed by atoms with Gasteiger partial charge in [0.2, 0.25) is 0 Å². The standard InChI is InChI=1S/C19H17N3O/c20-10-9-18-12-21-22(13-18)19-8-4-7-17(11-19)15-23-14-16-5-2-1-3-6-16/h1-8,11-13H,9,14-15H2. The SMILES string of the molecule is N#CCc1cnn(-c2cccc(COCc3ccccc3)c2)c1. The van der Waals surface area contributed by atoms with Gasteiger partial charge in [0.05, 0.1) is 37.6 Å². The van der Waals surface area contributed by atoms with Crippen molar-refractivity contribution in [3.05, 3.63) is 83.7 Å². The molecule has 0 aliphatic rings. The van der Waals surface area contributed by atoms with Crippen LogP contribution in [-0.2, 0) is 24.4 Å². The lowest BCUT2D eigenvalue weighted by Crippen LogP contribution is -1.98. The van der Waals surface area contributed by atoms with Gasteiger partial charge in [0.15, 0.2) is 0 Å². The monoisotopic (exact) mass is 303 g/mol. The van der Waals surface area contributed by atoms with Gasteiger partial charge in [-0.2, -0.15) is 10.4 Å². The van der Waals surface area contributed by atoms with Crippen LogP contribution in [-0.4, -0.2) is 9.78 Å². The number of nitriles is 1. The summed E-state index contributed by atoms with van der Waals surface area (Å²) in [5, 5.41) is 13.0. The molecule has 0 atom stereocenters. The molecule has 4 heteroatoms. The van der Waals surface area contributed by atoms with E-state index in [-0.39, 0.29) is 0 Å². The molecule has 0 amide bonds. The molecule has 23 heavy (non-hydrogen) atoms. The number of nitrogens with zero attached hydrogens (tertiary/aromatic N) is 3. The van der Waals surface area contributed by atoms with E-state index in [1.807, 2.05) is 48.7 Å². The fraction of sp³-hybridized carbons (Fsp3) is 0.158. The summed E-state index contributed by atoms with van der Waals surface area (Å²) < 4.78 is 7.55. The van der Waals surface area contributed by atoms with E-state index in [4.69, 9.17) is 10.00 Å². The molecule has 0 radical (unpaired) electrons. The molecule has 0 fully saturated rings. The molecule has 2 aromatic carbocycles. The minimum absolute atomic E-state index is 0.375. The summed E-state index contributed by atoms with van der Waals surface area (Å²) in [6, 6.07) is 20.3. The van der Waals surface area contributed by atoms with Crippen LogP contribution in [0.2, 0.25) is 0 Å². The second kappa shape index (κ2) is 7.39. The number of hydrogen-bond acceptors (Lipinski definition) is 3. The molecule has 0 bridgehead atoms. The first-order valence-electron chi connectivity index (χ1n) is 7.46. The number of benzene rings is 2. The van der Waals surface area contributed by atoms with Crippen molar-refractivity contribution in [1.82, 2.24) is 9.78 Å². The lowest BCUT2D eigenvalue weighted by molar-refractivity contribution is 0.107. The zero-order valence-electron chi connectivity index (χ0n) is 12.7. The van der Waals surface area contributed by atoms with Crippen LogP contribution >= 0.6 is 0 Å². The molecule has 3 aromatic rings. The molecular weight excluding hydrogens is 286 g/mol. The summed E-state index contributed by atoms with van der Waals surface area (Å²) in [4.78, 5) is 0. The van der Waals surface area contributed by atoms with Crippen molar-refractivity contribution in [3.8, 4) is 11.8 Å². The van der Waals surface area contributed by atoms with Crippen molar-refractivity contribution in [2.24, 2.45) is 0 Å². The van der Waals surface area contributed by atoms with Crippen molar-refractivity contribution in [2.45, 2.75) is 19.6 Å². The molecule has 3 rings (SSSR count). The summed E-state index contributed by atoms with van der Waals surface area (Å²) in [6.45, 7) is 1.15. The highest BCUT2D eigenvalue weighted by atomic mass is 16.5. The van der Waals surface area contributed by atoms with Crippen LogP contribution in [0.5, 0.6) is 0 Å². The van der Waals surface area contributed by atoms with Crippen LogP contribution in [0, 0.1) is 11.3 Å². The van der Waals surface area contributed by atoms with E-state index < -0.39 is 0 Å². The quantitative estimate of drug-likeness (QED) is 0.698. The molecule has 0 N–H and O–H groups in total. The molecular formula is C19H17N3O. The number of hydrogen-bond donors (Lipinski definition) is 0. The van der Waals surface area contributed by atoms with E-state index in [1.54, 1.807) is 10.9 Å². The van der Waals surface area contributed by atoms with Crippen molar-refractivity contribution in [3.63, 3.8) is 0 Å². The Labute approximate surface area is 135 Å². The number of rotatable bonds is 6. The Bertz CT molecular complexity index is 803. The normalized spacial score (nSPS) is 10.4. The predicted molar refractivity (Wildman–Crippen MR) is 87.8 cm³/mol. The van der Waals surface area contributed by atoms with E-state index in [1.165, 1.54) is 0 Å². The van der Waals surface area contributed by atoms with Gasteiger partial charge < -0.3 is 4.74 Å². The van der Waals surface area contributed by atoms with E-state index in [0.29, 0.717) is 19.6 Å². The number of aromatic nitrogens is 2. The third-order valence-electron chi connectivity index (χ3n) is 3.47. The highest BCUT2D eigenvalue weighted by Gasteiger charge is 2.02. The fourth-order valence-corrected chi connectivity index (χ4v) is 2.33. The Kier molecular flexibility index (Phi) is 4.82. The zero-order valence-corrected chi connectivity index (χ0v) is 12.7. The Morgan fingerprint density at radius 3 is 2.57 bits per heavy atom. The minimum atomic E-state index is 0.375. The lowest BCUT2D eigenvalue weighted by Gasteiger charge is -2.07. The van der Waals surface area contributed by atoms with Crippen molar-refractivity contribution < 1.29 is 4.74 Å².